The van der Waals surface area contributed by atoms with E-state index in [1.807, 2.05) is 54.6 Å². The molecule has 2 fully saturated rings. The van der Waals surface area contributed by atoms with E-state index in [1.165, 1.54) is 16.3 Å². The summed E-state index contributed by atoms with van der Waals surface area (Å²) < 4.78 is 6.15. The molecule has 3 aromatic carbocycles. The Hall–Kier alpha value is -4.88. The topological polar surface area (TPSA) is 150 Å². The summed E-state index contributed by atoms with van der Waals surface area (Å²) in [7, 11) is 3.23. The van der Waals surface area contributed by atoms with E-state index in [2.05, 4.69) is 10.3 Å². The molecule has 0 saturated carbocycles. The molecule has 12 nitrogen and oxygen atoms in total. The van der Waals surface area contributed by atoms with Crippen molar-refractivity contribution >= 4 is 50.2 Å². The van der Waals surface area contributed by atoms with Crippen LogP contribution in [0.4, 0.5) is 15.6 Å². The van der Waals surface area contributed by atoms with Gasteiger partial charge in [0.05, 0.1) is 30.4 Å². The van der Waals surface area contributed by atoms with E-state index in [0.29, 0.717) is 23.8 Å². The van der Waals surface area contributed by atoms with Crippen LogP contribution in [0.1, 0.15) is 16.7 Å². The van der Waals surface area contributed by atoms with Gasteiger partial charge in [-0.25, -0.2) is 9.78 Å². The Morgan fingerprint density at radius 1 is 1.07 bits per heavy atom. The summed E-state index contributed by atoms with van der Waals surface area (Å²) in [4.78, 5) is 48.8. The van der Waals surface area contributed by atoms with Gasteiger partial charge in [0.15, 0.2) is 5.13 Å². The zero-order chi connectivity index (χ0) is 31.0. The Labute approximate surface area is 258 Å². The molecule has 3 heterocycles. The lowest BCUT2D eigenvalue weighted by Crippen LogP contribution is -2.65. The first kappa shape index (κ1) is 29.2. The van der Waals surface area contributed by atoms with Gasteiger partial charge in [-0.05, 0) is 47.0 Å². The fourth-order valence-corrected chi connectivity index (χ4v) is 6.62. The van der Waals surface area contributed by atoms with Gasteiger partial charge in [0, 0.05) is 32.2 Å². The van der Waals surface area contributed by atoms with E-state index >= 15 is 0 Å². The number of methoxy groups -OCH3 is 1. The first-order valence-corrected chi connectivity index (χ1v) is 15.0. The predicted octanol–water partition coefficient (Wildman–Crippen LogP) is 2.65. The predicted molar refractivity (Wildman–Crippen MR) is 168 cm³/mol. The first-order valence-electron chi connectivity index (χ1n) is 14.2. The molecule has 1 aromatic heterocycles. The lowest BCUT2D eigenvalue weighted by Gasteiger charge is -2.45. The number of hydrazine groups is 1. The number of nitrogen functional groups attached to an aromatic ring is 2. The van der Waals surface area contributed by atoms with Gasteiger partial charge < -0.3 is 31.3 Å². The molecule has 4 aromatic rings. The van der Waals surface area contributed by atoms with Gasteiger partial charge in [0.1, 0.15) is 18.0 Å². The van der Waals surface area contributed by atoms with E-state index in [0.717, 1.165) is 32.7 Å². The van der Waals surface area contributed by atoms with E-state index < -0.39 is 12.2 Å². The minimum atomic E-state index is -0.759. The smallest absolute Gasteiger partial charge is 0.332 e. The van der Waals surface area contributed by atoms with Crippen molar-refractivity contribution in [2.45, 2.75) is 31.7 Å². The molecule has 228 valence electrons. The number of fused-ring (bicyclic) bond motifs is 2. The first-order chi connectivity index (χ1) is 21.2. The maximum absolute atomic E-state index is 14.1. The molecule has 0 spiro atoms. The number of nitrogens with one attached hydrogen (secondary N) is 1. The number of benzene rings is 3. The van der Waals surface area contributed by atoms with Crippen molar-refractivity contribution < 1.29 is 19.1 Å². The van der Waals surface area contributed by atoms with Crippen LogP contribution in [0.5, 0.6) is 5.75 Å². The quantitative estimate of drug-likeness (QED) is 0.257. The number of para-hydroxylation sites is 1. The Morgan fingerprint density at radius 2 is 1.80 bits per heavy atom. The minimum Gasteiger partial charge on any atom is -0.497 e. The monoisotopic (exact) mass is 614 g/mol. The zero-order valence-corrected chi connectivity index (χ0v) is 25.3. The van der Waals surface area contributed by atoms with Gasteiger partial charge >= 0.3 is 6.03 Å². The second kappa shape index (κ2) is 12.0. The highest BCUT2D eigenvalue weighted by Gasteiger charge is 2.51. The van der Waals surface area contributed by atoms with Crippen molar-refractivity contribution in [2.75, 3.05) is 38.7 Å². The summed E-state index contributed by atoms with van der Waals surface area (Å²) >= 11 is 1.40. The minimum absolute atomic E-state index is 0.0331. The molecule has 2 atom stereocenters. The third-order valence-electron chi connectivity index (χ3n) is 8.14. The number of amides is 4. The number of anilines is 2. The van der Waals surface area contributed by atoms with Crippen molar-refractivity contribution in [3.8, 4) is 5.75 Å². The van der Waals surface area contributed by atoms with Crippen LogP contribution in [0.2, 0.25) is 0 Å². The third kappa shape index (κ3) is 5.71. The molecule has 5 N–H and O–H groups in total. The average Bonchev–Trinajstić information content (AvgIpc) is 3.57. The van der Waals surface area contributed by atoms with E-state index in [9.17, 15) is 14.4 Å². The van der Waals surface area contributed by atoms with Crippen LogP contribution in [-0.2, 0) is 29.1 Å². The number of rotatable bonds is 8. The van der Waals surface area contributed by atoms with Crippen LogP contribution in [0.15, 0.2) is 66.7 Å². The second-order valence-corrected chi connectivity index (χ2v) is 12.0. The summed E-state index contributed by atoms with van der Waals surface area (Å²) in [6, 6.07) is 19.4. The molecule has 0 unspecified atom stereocenters. The largest absolute Gasteiger partial charge is 0.497 e. The van der Waals surface area contributed by atoms with Crippen LogP contribution in [-0.4, -0.2) is 82.1 Å². The van der Waals surface area contributed by atoms with Crippen molar-refractivity contribution in [1.29, 1.82) is 0 Å². The van der Waals surface area contributed by atoms with Gasteiger partial charge in [-0.1, -0.05) is 47.7 Å². The molecule has 0 bridgehead atoms. The maximum atomic E-state index is 14.1. The van der Waals surface area contributed by atoms with Gasteiger partial charge in [0.25, 0.3) is 0 Å². The van der Waals surface area contributed by atoms with Crippen molar-refractivity contribution in [3.05, 3.63) is 83.4 Å². The number of urea groups is 1. The molecule has 0 aliphatic carbocycles. The molecule has 13 heteroatoms. The van der Waals surface area contributed by atoms with Crippen molar-refractivity contribution in [1.82, 2.24) is 30.1 Å². The van der Waals surface area contributed by atoms with Crippen LogP contribution in [0, 0.1) is 0 Å². The fraction of sp³-hybridized carbons (Fsp3) is 0.290. The van der Waals surface area contributed by atoms with Crippen molar-refractivity contribution in [3.63, 3.8) is 0 Å². The number of carbonyl (C=O) groups excluding carboxylic acids is 3. The number of nitrogens with zero attached hydrogens (tertiary/aromatic N) is 5. The molecule has 0 radical (unpaired) electrons. The summed E-state index contributed by atoms with van der Waals surface area (Å²) in [6.45, 7) is 0.773. The van der Waals surface area contributed by atoms with Gasteiger partial charge in [-0.15, -0.1) is 0 Å². The Balaban J connectivity index is 1.26. The molecule has 2 aliphatic rings. The number of piperazine rings is 1. The molecule has 6 rings (SSSR count). The second-order valence-electron chi connectivity index (χ2n) is 10.9. The number of thiazole rings is 1. The lowest BCUT2D eigenvalue weighted by molar-refractivity contribution is -0.157. The third-order valence-corrected chi connectivity index (χ3v) is 8.99. The molecular weight excluding hydrogens is 580 g/mol. The number of hydrogen-bond acceptors (Lipinski definition) is 9. The number of nitrogens with two attached hydrogens (primary N) is 2. The Bertz CT molecular complexity index is 1690. The summed E-state index contributed by atoms with van der Waals surface area (Å²) in [6.07, 6.45) is -0.233. The summed E-state index contributed by atoms with van der Waals surface area (Å²) in [5, 5.41) is 6.54. The highest BCUT2D eigenvalue weighted by molar-refractivity contribution is 7.22. The summed E-state index contributed by atoms with van der Waals surface area (Å²) in [5.41, 5.74) is 15.9. The van der Waals surface area contributed by atoms with E-state index in [-0.39, 0.29) is 37.5 Å². The standard InChI is InChI=1S/C31H34N8O4S/c1-36(31(42)34-15-20-8-12-23(43-2)13-9-20)38-18-27(40)39-24(14-19-6-10-22(32)11-7-19)29(41)37(17-26(38)39)16-21-4-3-5-25-28(21)35-30(33)44-25/h3-13,24,26H,14-18,32H2,1-2H3,(H2,33,35)(H,34,42)/t24-,26+/m0/s1. The van der Waals surface area contributed by atoms with Gasteiger partial charge in [-0.2, -0.15) is 5.01 Å². The molecular formula is C31H34N8O4S. The molecule has 4 amide bonds. The van der Waals surface area contributed by atoms with E-state index in [1.54, 1.807) is 41.1 Å². The van der Waals surface area contributed by atoms with Gasteiger partial charge in [0.2, 0.25) is 11.8 Å². The number of aromatic nitrogens is 1. The zero-order valence-electron chi connectivity index (χ0n) is 24.5. The highest BCUT2D eigenvalue weighted by atomic mass is 32.1. The molecule has 2 saturated heterocycles. The van der Waals surface area contributed by atoms with Gasteiger partial charge in [-0.3, -0.25) is 14.6 Å². The SMILES string of the molecule is COc1ccc(CNC(=O)N(C)N2CC(=O)N3[C@@H](Cc4ccc(N)cc4)C(=O)N(Cc4cccc5sc(N)nc45)C[C@@H]32)cc1. The van der Waals surface area contributed by atoms with Crippen LogP contribution in [0.3, 0.4) is 0 Å². The van der Waals surface area contributed by atoms with Crippen LogP contribution >= 0.6 is 11.3 Å². The number of hydrogen-bond donors (Lipinski definition) is 3. The molecule has 44 heavy (non-hydrogen) atoms. The normalized spacial score (nSPS) is 18.5. The van der Waals surface area contributed by atoms with Crippen LogP contribution in [0.25, 0.3) is 10.2 Å². The number of carbonyl (C=O) groups is 3. The Morgan fingerprint density at radius 3 is 2.52 bits per heavy atom. The highest BCUT2D eigenvalue weighted by Crippen LogP contribution is 2.32. The maximum Gasteiger partial charge on any atom is 0.332 e. The Kier molecular flexibility index (Phi) is 7.97. The lowest BCUT2D eigenvalue weighted by atomic mass is 9.99. The van der Waals surface area contributed by atoms with Crippen LogP contribution < -0.4 is 21.5 Å². The average molecular weight is 615 g/mol. The fourth-order valence-electron chi connectivity index (χ4n) is 5.84. The van der Waals surface area contributed by atoms with Crippen molar-refractivity contribution in [2.24, 2.45) is 0 Å². The van der Waals surface area contributed by atoms with E-state index in [4.69, 9.17) is 16.2 Å². The summed E-state index contributed by atoms with van der Waals surface area (Å²) in [5.74, 6) is 0.347. The number of ether oxygens (including phenoxy) is 1. The molecule has 2 aliphatic heterocycles.